The average Bonchev–Trinajstić information content (AvgIpc) is 2.80. The van der Waals surface area contributed by atoms with Gasteiger partial charge in [0.25, 0.3) is 0 Å². The van der Waals surface area contributed by atoms with Crippen LogP contribution in [0.15, 0.2) is 54.9 Å². The van der Waals surface area contributed by atoms with Crippen LogP contribution in [0.5, 0.6) is 0 Å². The van der Waals surface area contributed by atoms with Gasteiger partial charge in [0.05, 0.1) is 6.61 Å². The smallest absolute Gasteiger partial charge is 0.345 e. The quantitative estimate of drug-likeness (QED) is 0.606. The lowest BCUT2D eigenvalue weighted by Crippen LogP contribution is -2.44. The summed E-state index contributed by atoms with van der Waals surface area (Å²) in [5.41, 5.74) is 1.95. The number of carbonyl (C=O) groups excluding carboxylic acids is 1. The molecule has 0 bridgehead atoms. The number of anilines is 3. The first kappa shape index (κ1) is 19.8. The second kappa shape index (κ2) is 9.32. The number of esters is 1. The molecule has 0 saturated carbocycles. The van der Waals surface area contributed by atoms with Gasteiger partial charge in [0.15, 0.2) is 11.6 Å². The van der Waals surface area contributed by atoms with E-state index < -0.39 is 5.97 Å². The Morgan fingerprint density at radius 1 is 1.13 bits per heavy atom. The molecule has 30 heavy (non-hydrogen) atoms. The third-order valence-corrected chi connectivity index (χ3v) is 4.74. The van der Waals surface area contributed by atoms with Gasteiger partial charge in [0.2, 0.25) is 0 Å². The fourth-order valence-corrected chi connectivity index (χ4v) is 3.32. The lowest BCUT2D eigenvalue weighted by Gasteiger charge is -2.30. The summed E-state index contributed by atoms with van der Waals surface area (Å²) >= 11 is 0. The Morgan fingerprint density at radius 2 is 1.93 bits per heavy atom. The molecule has 0 spiro atoms. The minimum atomic E-state index is -0.442. The van der Waals surface area contributed by atoms with E-state index in [0.717, 1.165) is 37.4 Å². The number of pyridine rings is 1. The maximum Gasteiger partial charge on any atom is 0.345 e. The molecule has 1 aromatic carbocycles. The summed E-state index contributed by atoms with van der Waals surface area (Å²) in [6.07, 6.45) is 3.42. The molecule has 2 aromatic heterocycles. The van der Waals surface area contributed by atoms with Crippen molar-refractivity contribution in [3.8, 4) is 11.4 Å². The van der Waals surface area contributed by atoms with Crippen LogP contribution >= 0.6 is 0 Å². The lowest BCUT2D eigenvalue weighted by molar-refractivity contribution is 0.0527. The van der Waals surface area contributed by atoms with E-state index in [9.17, 15) is 4.79 Å². The molecule has 4 rings (SSSR count). The highest BCUT2D eigenvalue weighted by atomic mass is 16.5. The molecule has 0 aliphatic carbocycles. The van der Waals surface area contributed by atoms with Crippen molar-refractivity contribution in [1.82, 2.24) is 20.3 Å². The van der Waals surface area contributed by atoms with Crippen molar-refractivity contribution in [2.24, 2.45) is 0 Å². The first-order valence-corrected chi connectivity index (χ1v) is 10.0. The van der Waals surface area contributed by atoms with Crippen molar-refractivity contribution >= 4 is 23.3 Å². The first-order valence-electron chi connectivity index (χ1n) is 10.0. The number of benzene rings is 1. The summed E-state index contributed by atoms with van der Waals surface area (Å²) in [6, 6.07) is 13.4. The van der Waals surface area contributed by atoms with E-state index in [1.807, 2.05) is 42.5 Å². The monoisotopic (exact) mass is 404 g/mol. The predicted molar refractivity (Wildman–Crippen MR) is 116 cm³/mol. The minimum Gasteiger partial charge on any atom is -0.462 e. The van der Waals surface area contributed by atoms with E-state index in [2.05, 4.69) is 20.5 Å². The van der Waals surface area contributed by atoms with Crippen LogP contribution in [-0.4, -0.2) is 53.7 Å². The number of rotatable bonds is 6. The van der Waals surface area contributed by atoms with Gasteiger partial charge in [-0.25, -0.2) is 14.8 Å². The van der Waals surface area contributed by atoms with Crippen LogP contribution in [0.2, 0.25) is 0 Å². The first-order chi connectivity index (χ1) is 14.8. The maximum absolute atomic E-state index is 13.0. The summed E-state index contributed by atoms with van der Waals surface area (Å²) in [5, 5.41) is 6.62. The zero-order valence-electron chi connectivity index (χ0n) is 16.8. The largest absolute Gasteiger partial charge is 0.462 e. The van der Waals surface area contributed by atoms with Gasteiger partial charge in [-0.1, -0.05) is 18.2 Å². The normalized spacial score (nSPS) is 13.7. The van der Waals surface area contributed by atoms with Crippen molar-refractivity contribution in [1.29, 1.82) is 0 Å². The van der Waals surface area contributed by atoms with Crippen molar-refractivity contribution in [2.75, 3.05) is 43.0 Å². The van der Waals surface area contributed by atoms with E-state index in [-0.39, 0.29) is 6.61 Å². The highest BCUT2D eigenvalue weighted by Crippen LogP contribution is 2.31. The second-order valence-corrected chi connectivity index (χ2v) is 6.78. The molecular weight excluding hydrogens is 380 g/mol. The highest BCUT2D eigenvalue weighted by Gasteiger charge is 2.27. The summed E-state index contributed by atoms with van der Waals surface area (Å²) in [6.45, 7) is 5.17. The topological polar surface area (TPSA) is 92.3 Å². The number of carbonyl (C=O) groups is 1. The Kier molecular flexibility index (Phi) is 6.14. The van der Waals surface area contributed by atoms with Crippen LogP contribution < -0.4 is 15.5 Å². The zero-order chi connectivity index (χ0) is 20.8. The lowest BCUT2D eigenvalue weighted by atomic mass is 10.2. The molecule has 1 saturated heterocycles. The number of ether oxygens (including phenoxy) is 1. The Labute approximate surface area is 175 Å². The van der Waals surface area contributed by atoms with Crippen LogP contribution in [-0.2, 0) is 4.74 Å². The van der Waals surface area contributed by atoms with Crippen molar-refractivity contribution in [3.05, 3.63) is 60.4 Å². The van der Waals surface area contributed by atoms with E-state index in [0.29, 0.717) is 23.0 Å². The van der Waals surface area contributed by atoms with Crippen LogP contribution in [0.3, 0.4) is 0 Å². The van der Waals surface area contributed by atoms with Gasteiger partial charge in [-0.2, -0.15) is 0 Å². The average molecular weight is 404 g/mol. The predicted octanol–water partition coefficient (Wildman–Crippen LogP) is 2.87. The number of para-hydroxylation sites is 1. The summed E-state index contributed by atoms with van der Waals surface area (Å²) in [5.74, 6) is 1.05. The van der Waals surface area contributed by atoms with Gasteiger partial charge in [-0.3, -0.25) is 4.98 Å². The molecule has 154 valence electrons. The third kappa shape index (κ3) is 4.38. The van der Waals surface area contributed by atoms with Gasteiger partial charge < -0.3 is 20.3 Å². The fraction of sp³-hybridized carbons (Fsp3) is 0.273. The summed E-state index contributed by atoms with van der Waals surface area (Å²) in [7, 11) is 0. The molecule has 2 N–H and O–H groups in total. The SMILES string of the molecule is CCOC(=O)c1c(Nc2ccccc2)nc(-c2cccnc2)nc1N1CCNCC1. The number of nitrogens with one attached hydrogen (secondary N) is 2. The van der Waals surface area contributed by atoms with E-state index >= 15 is 0 Å². The molecule has 0 radical (unpaired) electrons. The van der Waals surface area contributed by atoms with Gasteiger partial charge in [0, 0.05) is 49.8 Å². The fourth-order valence-electron chi connectivity index (χ4n) is 3.32. The maximum atomic E-state index is 13.0. The van der Waals surface area contributed by atoms with E-state index in [4.69, 9.17) is 14.7 Å². The molecule has 3 aromatic rings. The van der Waals surface area contributed by atoms with Crippen molar-refractivity contribution in [2.45, 2.75) is 6.92 Å². The molecule has 0 amide bonds. The molecule has 8 nitrogen and oxygen atoms in total. The van der Waals surface area contributed by atoms with Gasteiger partial charge >= 0.3 is 5.97 Å². The van der Waals surface area contributed by atoms with Crippen LogP contribution in [0.1, 0.15) is 17.3 Å². The summed E-state index contributed by atoms with van der Waals surface area (Å²) in [4.78, 5) is 28.7. The molecule has 3 heterocycles. The van der Waals surface area contributed by atoms with Gasteiger partial charge in [-0.05, 0) is 31.2 Å². The number of hydrogen-bond donors (Lipinski definition) is 2. The summed E-state index contributed by atoms with van der Waals surface area (Å²) < 4.78 is 5.37. The Hall–Kier alpha value is -3.52. The molecule has 1 aliphatic heterocycles. The van der Waals surface area contributed by atoms with E-state index in [1.165, 1.54) is 0 Å². The third-order valence-electron chi connectivity index (χ3n) is 4.74. The number of hydrogen-bond acceptors (Lipinski definition) is 8. The Morgan fingerprint density at radius 3 is 2.63 bits per heavy atom. The number of nitrogens with zero attached hydrogens (tertiary/aromatic N) is 4. The zero-order valence-corrected chi connectivity index (χ0v) is 16.8. The van der Waals surface area contributed by atoms with Crippen LogP contribution in [0.4, 0.5) is 17.3 Å². The molecule has 0 unspecified atom stereocenters. The molecule has 1 aliphatic rings. The molecular formula is C22H24N6O2. The minimum absolute atomic E-state index is 0.273. The number of aromatic nitrogens is 3. The van der Waals surface area contributed by atoms with Crippen LogP contribution in [0.25, 0.3) is 11.4 Å². The Balaban J connectivity index is 1.88. The molecule has 8 heteroatoms. The number of piperazine rings is 1. The van der Waals surface area contributed by atoms with E-state index in [1.54, 1.807) is 19.3 Å². The Bertz CT molecular complexity index is 991. The van der Waals surface area contributed by atoms with Crippen LogP contribution in [0, 0.1) is 0 Å². The van der Waals surface area contributed by atoms with Crippen molar-refractivity contribution < 1.29 is 9.53 Å². The van der Waals surface area contributed by atoms with Crippen molar-refractivity contribution in [3.63, 3.8) is 0 Å². The highest BCUT2D eigenvalue weighted by molar-refractivity contribution is 6.01. The molecule has 1 fully saturated rings. The van der Waals surface area contributed by atoms with Gasteiger partial charge in [-0.15, -0.1) is 0 Å². The standard InChI is InChI=1S/C22H24N6O2/c1-2-30-22(29)18-20(25-17-8-4-3-5-9-17)26-19(16-7-6-10-24-15-16)27-21(18)28-13-11-23-12-14-28/h3-10,15,23H,2,11-14H2,1H3,(H,25,26,27). The van der Waals surface area contributed by atoms with Gasteiger partial charge in [0.1, 0.15) is 11.4 Å². The second-order valence-electron chi connectivity index (χ2n) is 6.78. The molecule has 0 atom stereocenters.